The van der Waals surface area contributed by atoms with Crippen LogP contribution < -0.4 is 0 Å². The molecule has 6 rings (SSSR count). The molecule has 0 N–H and O–H groups in total. The summed E-state index contributed by atoms with van der Waals surface area (Å²) in [6.45, 7) is 0. The molecule has 1 saturated carbocycles. The van der Waals surface area contributed by atoms with Gasteiger partial charge in [0.2, 0.25) is 23.6 Å². The maximum Gasteiger partial charge on any atom is 0.233 e. The molecule has 1 aromatic rings. The summed E-state index contributed by atoms with van der Waals surface area (Å²) in [7, 11) is 2.99. The van der Waals surface area contributed by atoms with E-state index >= 15 is 0 Å². The average Bonchev–Trinajstić information content (AvgIpc) is 3.05. The molecule has 2 heterocycles. The Morgan fingerprint density at radius 2 is 1.12 bits per heavy atom. The molecule has 6 atom stereocenters. The molecule has 2 aliphatic heterocycles. The third kappa shape index (κ3) is 1.62. The number of rotatable bonds is 1. The Balaban J connectivity index is 1.73. The molecule has 0 aromatic heterocycles. The van der Waals surface area contributed by atoms with E-state index in [4.69, 9.17) is 0 Å². The van der Waals surface area contributed by atoms with Crippen LogP contribution in [0.1, 0.15) is 5.56 Å². The fourth-order valence-corrected chi connectivity index (χ4v) is 5.57. The molecule has 1 aromatic carbocycles. The Labute approximate surface area is 150 Å². The van der Waals surface area contributed by atoms with Crippen LogP contribution in [0.2, 0.25) is 0 Å². The van der Waals surface area contributed by atoms with Gasteiger partial charge in [0.15, 0.2) is 0 Å². The maximum atomic E-state index is 12.8. The van der Waals surface area contributed by atoms with Gasteiger partial charge in [-0.15, -0.1) is 0 Å². The average molecular weight is 350 g/mol. The molecule has 2 unspecified atom stereocenters. The molecule has 4 amide bonds. The zero-order chi connectivity index (χ0) is 18.3. The predicted molar refractivity (Wildman–Crippen MR) is 90.9 cm³/mol. The van der Waals surface area contributed by atoms with Crippen molar-refractivity contribution >= 4 is 29.2 Å². The lowest BCUT2D eigenvalue weighted by Crippen LogP contribution is -2.52. The molecule has 2 bridgehead atoms. The van der Waals surface area contributed by atoms with Crippen LogP contribution in [0, 0.1) is 35.5 Å². The number of hydrogen-bond acceptors (Lipinski definition) is 4. The molecule has 3 fully saturated rings. The summed E-state index contributed by atoms with van der Waals surface area (Å²) >= 11 is 0. The highest BCUT2D eigenvalue weighted by Crippen LogP contribution is 2.61. The molecule has 132 valence electrons. The molecule has 6 heteroatoms. The fourth-order valence-electron chi connectivity index (χ4n) is 5.57. The lowest BCUT2D eigenvalue weighted by atomic mass is 9.51. The van der Waals surface area contributed by atoms with Gasteiger partial charge in [0.25, 0.3) is 0 Å². The Morgan fingerprint density at radius 3 is 1.62 bits per heavy atom. The van der Waals surface area contributed by atoms with Crippen LogP contribution in [-0.2, 0) is 19.2 Å². The minimum absolute atomic E-state index is 0.230. The van der Waals surface area contributed by atoms with Crippen molar-refractivity contribution in [3.8, 4) is 0 Å². The Kier molecular flexibility index (Phi) is 2.92. The van der Waals surface area contributed by atoms with E-state index < -0.39 is 35.5 Å². The maximum absolute atomic E-state index is 12.8. The van der Waals surface area contributed by atoms with Gasteiger partial charge < -0.3 is 0 Å². The van der Waals surface area contributed by atoms with Crippen molar-refractivity contribution in [2.75, 3.05) is 14.1 Å². The largest absolute Gasteiger partial charge is 0.285 e. The first kappa shape index (κ1) is 15.5. The number of carbonyl (C=O) groups excluding carboxylic acids is 4. The van der Waals surface area contributed by atoms with Gasteiger partial charge in [-0.1, -0.05) is 36.4 Å². The summed E-state index contributed by atoms with van der Waals surface area (Å²) in [6.07, 6.45) is 1.98. The number of imide groups is 2. The number of amides is 4. The first-order valence-electron chi connectivity index (χ1n) is 8.83. The number of allylic oxidation sites excluding steroid dienone is 2. The second-order valence-electron chi connectivity index (χ2n) is 7.67. The van der Waals surface area contributed by atoms with E-state index in [2.05, 4.69) is 0 Å². The van der Waals surface area contributed by atoms with Gasteiger partial charge in [0.05, 0.1) is 23.7 Å². The van der Waals surface area contributed by atoms with Crippen molar-refractivity contribution in [2.24, 2.45) is 35.5 Å². The highest BCUT2D eigenvalue weighted by molar-refractivity contribution is 6.12. The number of hydrogen-bond donors (Lipinski definition) is 0. The van der Waals surface area contributed by atoms with Crippen LogP contribution in [0.3, 0.4) is 0 Å². The third-order valence-corrected chi connectivity index (χ3v) is 6.68. The normalized spacial score (nSPS) is 38.0. The number of likely N-dealkylation sites (tertiary alicyclic amines) is 2. The van der Waals surface area contributed by atoms with Crippen LogP contribution >= 0.6 is 0 Å². The molecule has 3 aliphatic carbocycles. The highest BCUT2D eigenvalue weighted by Gasteiger charge is 2.69. The van der Waals surface area contributed by atoms with Crippen LogP contribution in [0.5, 0.6) is 0 Å². The minimum Gasteiger partial charge on any atom is -0.285 e. The Morgan fingerprint density at radius 1 is 0.654 bits per heavy atom. The van der Waals surface area contributed by atoms with Gasteiger partial charge in [0.1, 0.15) is 0 Å². The molecular weight excluding hydrogens is 332 g/mol. The quantitative estimate of drug-likeness (QED) is 0.702. The van der Waals surface area contributed by atoms with Crippen molar-refractivity contribution in [2.45, 2.75) is 0 Å². The third-order valence-electron chi connectivity index (χ3n) is 6.68. The van der Waals surface area contributed by atoms with Crippen LogP contribution in [0.15, 0.2) is 36.4 Å². The monoisotopic (exact) mass is 350 g/mol. The molecule has 6 nitrogen and oxygen atoms in total. The SMILES string of the molecule is CN1C(=O)[C@@H]2C3C(c4ccccc4)=CC([C@H]4C(=O)N(C)C(=O)[C@@H]34)[C@@H]2C1=O. The van der Waals surface area contributed by atoms with Gasteiger partial charge in [-0.3, -0.25) is 29.0 Å². The molecule has 2 saturated heterocycles. The zero-order valence-electron chi connectivity index (χ0n) is 14.5. The van der Waals surface area contributed by atoms with Gasteiger partial charge >= 0.3 is 0 Å². The lowest BCUT2D eigenvalue weighted by molar-refractivity contribution is -0.138. The van der Waals surface area contributed by atoms with Gasteiger partial charge in [-0.25, -0.2) is 0 Å². The van der Waals surface area contributed by atoms with E-state index in [1.54, 1.807) is 0 Å². The highest BCUT2D eigenvalue weighted by atomic mass is 16.2. The van der Waals surface area contributed by atoms with Crippen molar-refractivity contribution < 1.29 is 19.2 Å². The van der Waals surface area contributed by atoms with Crippen LogP contribution in [0.4, 0.5) is 0 Å². The summed E-state index contributed by atoms with van der Waals surface area (Å²) in [5.74, 6) is -3.94. The number of nitrogens with zero attached hydrogens (tertiary/aromatic N) is 2. The molecular formula is C20H18N2O4. The van der Waals surface area contributed by atoms with Gasteiger partial charge in [-0.05, 0) is 11.1 Å². The Hall–Kier alpha value is -2.76. The topological polar surface area (TPSA) is 74.8 Å². The van der Waals surface area contributed by atoms with Gasteiger partial charge in [0, 0.05) is 25.9 Å². The summed E-state index contributed by atoms with van der Waals surface area (Å²) in [5.41, 5.74) is 1.87. The second-order valence-corrected chi connectivity index (χ2v) is 7.67. The second kappa shape index (κ2) is 4.90. The molecule has 0 radical (unpaired) electrons. The summed E-state index contributed by atoms with van der Waals surface area (Å²) in [5, 5.41) is 0. The van der Waals surface area contributed by atoms with Crippen molar-refractivity contribution in [3.63, 3.8) is 0 Å². The van der Waals surface area contributed by atoms with E-state index in [0.717, 1.165) is 11.1 Å². The standard InChI is InChI=1S/C20H18N2O4/c1-21-17(23)13-11-8-10(9-6-4-3-5-7-9)12(15(13)19(21)25)16-14(11)18(24)22(2)20(16)26/h3-8,11-16H,1-2H3/t11?,12?,13-,14+,15+,16-. The first-order valence-corrected chi connectivity index (χ1v) is 8.83. The van der Waals surface area contributed by atoms with Crippen LogP contribution in [-0.4, -0.2) is 47.5 Å². The van der Waals surface area contributed by atoms with E-state index in [1.165, 1.54) is 23.9 Å². The summed E-state index contributed by atoms with van der Waals surface area (Å²) in [4.78, 5) is 53.5. The van der Waals surface area contributed by atoms with E-state index in [0.29, 0.717) is 0 Å². The van der Waals surface area contributed by atoms with E-state index in [-0.39, 0.29) is 23.6 Å². The van der Waals surface area contributed by atoms with Crippen molar-refractivity contribution in [3.05, 3.63) is 42.0 Å². The molecule has 0 spiro atoms. The van der Waals surface area contributed by atoms with Crippen LogP contribution in [0.25, 0.3) is 5.57 Å². The zero-order valence-corrected chi connectivity index (χ0v) is 14.5. The summed E-state index contributed by atoms with van der Waals surface area (Å²) < 4.78 is 0. The smallest absolute Gasteiger partial charge is 0.233 e. The van der Waals surface area contributed by atoms with E-state index in [1.807, 2.05) is 36.4 Å². The predicted octanol–water partition coefficient (Wildman–Crippen LogP) is 0.792. The van der Waals surface area contributed by atoms with Crippen molar-refractivity contribution in [1.29, 1.82) is 0 Å². The summed E-state index contributed by atoms with van der Waals surface area (Å²) in [6, 6.07) is 9.63. The Bertz CT molecular complexity index is 860. The number of benzene rings is 1. The van der Waals surface area contributed by atoms with Gasteiger partial charge in [-0.2, -0.15) is 0 Å². The lowest BCUT2D eigenvalue weighted by Gasteiger charge is -2.47. The number of carbonyl (C=O) groups is 4. The van der Waals surface area contributed by atoms with Crippen molar-refractivity contribution in [1.82, 2.24) is 9.80 Å². The van der Waals surface area contributed by atoms with E-state index in [9.17, 15) is 19.2 Å². The minimum atomic E-state index is -0.554. The fraction of sp³-hybridized carbons (Fsp3) is 0.400. The molecule has 26 heavy (non-hydrogen) atoms. The first-order chi connectivity index (χ1) is 12.4. The molecule has 5 aliphatic rings.